The summed E-state index contributed by atoms with van der Waals surface area (Å²) in [6, 6.07) is 0. The molecule has 0 aromatic heterocycles. The zero-order chi connectivity index (χ0) is 13.8. The molecule has 1 saturated heterocycles. The van der Waals surface area contributed by atoms with Crippen molar-refractivity contribution in [3.8, 4) is 0 Å². The molecule has 0 aliphatic carbocycles. The number of amides is 1. The van der Waals surface area contributed by atoms with Gasteiger partial charge in [-0.05, 0) is 18.4 Å². The van der Waals surface area contributed by atoms with E-state index in [-0.39, 0.29) is 36.6 Å². The highest BCUT2D eigenvalue weighted by Crippen LogP contribution is 2.19. The third-order valence-corrected chi connectivity index (χ3v) is 3.64. The van der Waals surface area contributed by atoms with Crippen LogP contribution in [0.3, 0.4) is 0 Å². The molecule has 2 N–H and O–H groups in total. The predicted molar refractivity (Wildman–Crippen MR) is 89.8 cm³/mol. The summed E-state index contributed by atoms with van der Waals surface area (Å²) in [5.74, 6) is 0.180. The van der Waals surface area contributed by atoms with Gasteiger partial charge in [-0.25, -0.2) is 0 Å². The van der Waals surface area contributed by atoms with Crippen LogP contribution in [0.1, 0.15) is 34.1 Å². The second kappa shape index (κ2) is 9.82. The number of nitrogens with two attached hydrogens (primary N) is 1. The van der Waals surface area contributed by atoms with E-state index in [2.05, 4.69) is 25.7 Å². The van der Waals surface area contributed by atoms with E-state index in [9.17, 15) is 4.79 Å². The highest BCUT2D eigenvalue weighted by molar-refractivity contribution is 5.85. The van der Waals surface area contributed by atoms with Gasteiger partial charge in [-0.15, -0.1) is 24.8 Å². The molecule has 1 unspecified atom stereocenters. The zero-order valence-corrected chi connectivity index (χ0v) is 14.9. The van der Waals surface area contributed by atoms with Crippen LogP contribution in [-0.2, 0) is 4.79 Å². The Morgan fingerprint density at radius 2 is 1.65 bits per heavy atom. The summed E-state index contributed by atoms with van der Waals surface area (Å²) in [7, 11) is 0. The van der Waals surface area contributed by atoms with Crippen LogP contribution < -0.4 is 5.73 Å². The lowest BCUT2D eigenvalue weighted by Crippen LogP contribution is -2.51. The maximum absolute atomic E-state index is 12.0. The Labute approximate surface area is 136 Å². The standard InChI is InChI=1S/C14H29N3O.2ClH/c1-12(11-15)13(18)17-9-7-16(8-10-17)6-5-14(2,3)4;;/h12H,5-11,15H2,1-4H3;2*1H. The SMILES string of the molecule is CC(CN)C(=O)N1CCN(CCC(C)(C)C)CC1.Cl.Cl. The molecule has 0 radical (unpaired) electrons. The minimum atomic E-state index is -0.0360. The van der Waals surface area contributed by atoms with Gasteiger partial charge in [0, 0.05) is 38.6 Å². The molecule has 1 aliphatic rings. The maximum atomic E-state index is 12.0. The highest BCUT2D eigenvalue weighted by Gasteiger charge is 2.24. The van der Waals surface area contributed by atoms with Crippen molar-refractivity contribution in [2.24, 2.45) is 17.1 Å². The molecule has 1 rings (SSSR count). The summed E-state index contributed by atoms with van der Waals surface area (Å²) in [6.07, 6.45) is 1.21. The molecule has 0 saturated carbocycles. The lowest BCUT2D eigenvalue weighted by atomic mass is 9.92. The molecule has 1 heterocycles. The average Bonchev–Trinajstić information content (AvgIpc) is 2.34. The van der Waals surface area contributed by atoms with Crippen molar-refractivity contribution in [1.29, 1.82) is 0 Å². The van der Waals surface area contributed by atoms with E-state index in [1.807, 2.05) is 11.8 Å². The topological polar surface area (TPSA) is 49.6 Å². The number of rotatable bonds is 4. The largest absolute Gasteiger partial charge is 0.340 e. The second-order valence-electron chi connectivity index (χ2n) is 6.61. The number of hydrogen-bond donors (Lipinski definition) is 1. The van der Waals surface area contributed by atoms with Crippen molar-refractivity contribution in [1.82, 2.24) is 9.80 Å². The first-order valence-corrected chi connectivity index (χ1v) is 7.04. The van der Waals surface area contributed by atoms with Gasteiger partial charge in [0.15, 0.2) is 0 Å². The van der Waals surface area contributed by atoms with Crippen LogP contribution in [0.5, 0.6) is 0 Å². The highest BCUT2D eigenvalue weighted by atomic mass is 35.5. The van der Waals surface area contributed by atoms with Gasteiger partial charge < -0.3 is 10.6 Å². The smallest absolute Gasteiger partial charge is 0.226 e. The lowest BCUT2D eigenvalue weighted by molar-refractivity contribution is -0.136. The van der Waals surface area contributed by atoms with E-state index in [0.717, 1.165) is 32.7 Å². The molecule has 0 bridgehead atoms. The molecular weight excluding hydrogens is 297 g/mol. The van der Waals surface area contributed by atoms with Crippen LogP contribution in [-0.4, -0.2) is 55.0 Å². The quantitative estimate of drug-likeness (QED) is 0.859. The maximum Gasteiger partial charge on any atom is 0.226 e. The van der Waals surface area contributed by atoms with Gasteiger partial charge in [-0.3, -0.25) is 9.69 Å². The van der Waals surface area contributed by atoms with Crippen LogP contribution >= 0.6 is 24.8 Å². The van der Waals surface area contributed by atoms with E-state index in [1.165, 1.54) is 6.42 Å². The van der Waals surface area contributed by atoms with Crippen LogP contribution in [0.15, 0.2) is 0 Å². The number of hydrogen-bond acceptors (Lipinski definition) is 3. The van der Waals surface area contributed by atoms with Crippen LogP contribution in [0.4, 0.5) is 0 Å². The molecule has 20 heavy (non-hydrogen) atoms. The molecule has 0 aromatic carbocycles. The summed E-state index contributed by atoms with van der Waals surface area (Å²) < 4.78 is 0. The zero-order valence-electron chi connectivity index (χ0n) is 13.2. The number of carbonyl (C=O) groups excluding carboxylic acids is 1. The molecular formula is C14H31Cl2N3O. The molecule has 6 heteroatoms. The van der Waals surface area contributed by atoms with Crippen molar-refractivity contribution in [3.05, 3.63) is 0 Å². The van der Waals surface area contributed by atoms with Gasteiger partial charge in [-0.2, -0.15) is 0 Å². The summed E-state index contributed by atoms with van der Waals surface area (Å²) in [4.78, 5) is 16.4. The molecule has 4 nitrogen and oxygen atoms in total. The average molecular weight is 328 g/mol. The Bertz CT molecular complexity index is 274. The van der Waals surface area contributed by atoms with Crippen molar-refractivity contribution in [2.45, 2.75) is 34.1 Å². The Kier molecular flexibility index (Phi) is 10.9. The van der Waals surface area contributed by atoms with Crippen LogP contribution in [0.2, 0.25) is 0 Å². The van der Waals surface area contributed by atoms with Crippen molar-refractivity contribution < 1.29 is 4.79 Å². The Hall–Kier alpha value is -0.0300. The molecule has 0 spiro atoms. The summed E-state index contributed by atoms with van der Waals surface area (Å²) >= 11 is 0. The number of carbonyl (C=O) groups is 1. The Balaban J connectivity index is 0. The molecule has 1 atom stereocenters. The fourth-order valence-electron chi connectivity index (χ4n) is 2.10. The first-order valence-electron chi connectivity index (χ1n) is 7.04. The number of piperazine rings is 1. The van der Waals surface area contributed by atoms with E-state index < -0.39 is 0 Å². The molecule has 1 amide bonds. The van der Waals surface area contributed by atoms with E-state index in [4.69, 9.17) is 5.73 Å². The monoisotopic (exact) mass is 327 g/mol. The van der Waals surface area contributed by atoms with Crippen LogP contribution in [0.25, 0.3) is 0 Å². The second-order valence-corrected chi connectivity index (χ2v) is 6.61. The normalized spacial score (nSPS) is 17.9. The van der Waals surface area contributed by atoms with Crippen molar-refractivity contribution in [2.75, 3.05) is 39.3 Å². The Morgan fingerprint density at radius 1 is 1.15 bits per heavy atom. The molecule has 1 fully saturated rings. The summed E-state index contributed by atoms with van der Waals surface area (Å²) in [5, 5.41) is 0. The van der Waals surface area contributed by atoms with E-state index in [0.29, 0.717) is 12.0 Å². The van der Waals surface area contributed by atoms with Gasteiger partial charge in [0.25, 0.3) is 0 Å². The fourth-order valence-corrected chi connectivity index (χ4v) is 2.10. The van der Waals surface area contributed by atoms with Crippen LogP contribution in [0, 0.1) is 11.3 Å². The summed E-state index contributed by atoms with van der Waals surface area (Å²) in [5.41, 5.74) is 5.93. The van der Waals surface area contributed by atoms with E-state index in [1.54, 1.807) is 0 Å². The van der Waals surface area contributed by atoms with Crippen molar-refractivity contribution >= 4 is 30.7 Å². The third kappa shape index (κ3) is 7.67. The molecule has 122 valence electrons. The number of nitrogens with zero attached hydrogens (tertiary/aromatic N) is 2. The molecule has 0 aromatic rings. The van der Waals surface area contributed by atoms with Crippen molar-refractivity contribution in [3.63, 3.8) is 0 Å². The first-order chi connectivity index (χ1) is 8.33. The Morgan fingerprint density at radius 3 is 2.05 bits per heavy atom. The van der Waals surface area contributed by atoms with Gasteiger partial charge >= 0.3 is 0 Å². The van der Waals surface area contributed by atoms with E-state index >= 15 is 0 Å². The summed E-state index contributed by atoms with van der Waals surface area (Å²) in [6.45, 7) is 14.0. The van der Waals surface area contributed by atoms with Gasteiger partial charge in [-0.1, -0.05) is 27.7 Å². The molecule has 1 aliphatic heterocycles. The van der Waals surface area contributed by atoms with Gasteiger partial charge in [0.1, 0.15) is 0 Å². The fraction of sp³-hybridized carbons (Fsp3) is 0.929. The van der Waals surface area contributed by atoms with Gasteiger partial charge in [0.05, 0.1) is 0 Å². The third-order valence-electron chi connectivity index (χ3n) is 3.64. The van der Waals surface area contributed by atoms with Gasteiger partial charge in [0.2, 0.25) is 5.91 Å². The predicted octanol–water partition coefficient (Wildman–Crippen LogP) is 2.01. The lowest BCUT2D eigenvalue weighted by Gasteiger charge is -2.36. The number of halogens is 2. The first kappa shape index (κ1) is 22.3. The minimum absolute atomic E-state index is 0. The minimum Gasteiger partial charge on any atom is -0.340 e.